The van der Waals surface area contributed by atoms with Crippen LogP contribution in [0, 0.1) is 0 Å². The number of aromatic hydroxyl groups is 2. The molecule has 0 fully saturated rings. The van der Waals surface area contributed by atoms with Gasteiger partial charge in [-0.2, -0.15) is 10.2 Å². The molecule has 0 amide bonds. The van der Waals surface area contributed by atoms with Gasteiger partial charge in [0.2, 0.25) is 0 Å². The number of ether oxygens (including phenoxy) is 4. The van der Waals surface area contributed by atoms with Gasteiger partial charge in [0.1, 0.15) is 40.2 Å². The number of hydrazine groups is 1. The topological polar surface area (TPSA) is 105 Å². The van der Waals surface area contributed by atoms with E-state index in [0.717, 1.165) is 62.7 Å². The lowest BCUT2D eigenvalue weighted by molar-refractivity contribution is 0.294. The summed E-state index contributed by atoms with van der Waals surface area (Å²) in [5.74, 6) is 2.59. The molecule has 0 unspecified atom stereocenters. The molecule has 1 heterocycles. The Bertz CT molecular complexity index is 1470. The smallest absolute Gasteiger partial charge is 0.146 e. The average Bonchev–Trinajstić information content (AvgIpc) is 3.05. The molecule has 3 aromatic rings. The molecule has 0 bridgehead atoms. The Balaban J connectivity index is 1.74. The monoisotopic (exact) mass is 631 g/mol. The highest BCUT2D eigenvalue weighted by Gasteiger charge is 2.24. The molecule has 46 heavy (non-hydrogen) atoms. The quantitative estimate of drug-likeness (QED) is 0.113. The summed E-state index contributed by atoms with van der Waals surface area (Å²) in [5.41, 5.74) is 6.13. The maximum atomic E-state index is 11.1. The van der Waals surface area contributed by atoms with Gasteiger partial charge in [-0.05, 0) is 68.2 Å². The van der Waals surface area contributed by atoms with Crippen LogP contribution in [0.3, 0.4) is 0 Å². The molecule has 0 saturated carbocycles. The molecule has 1 aliphatic rings. The Morgan fingerprint density at radius 3 is 1.65 bits per heavy atom. The number of anilines is 1. The number of hydrogen-bond acceptors (Lipinski definition) is 9. The minimum absolute atomic E-state index is 0.00571. The van der Waals surface area contributed by atoms with Crippen LogP contribution >= 0.6 is 0 Å². The van der Waals surface area contributed by atoms with Gasteiger partial charge < -0.3 is 29.2 Å². The number of rotatable bonds is 19. The normalized spacial score (nSPS) is 12.7. The summed E-state index contributed by atoms with van der Waals surface area (Å²) in [7, 11) is 0. The Morgan fingerprint density at radius 1 is 0.609 bits per heavy atom. The molecule has 0 radical (unpaired) electrons. The Labute approximate surface area is 273 Å². The third-order valence-corrected chi connectivity index (χ3v) is 7.43. The molecular formula is C37H49N3O6. The molecule has 0 spiro atoms. The zero-order valence-corrected chi connectivity index (χ0v) is 27.7. The van der Waals surface area contributed by atoms with Gasteiger partial charge in [0.25, 0.3) is 0 Å². The first-order valence-corrected chi connectivity index (χ1v) is 16.7. The van der Waals surface area contributed by atoms with Crippen molar-refractivity contribution in [3.63, 3.8) is 0 Å². The Morgan fingerprint density at radius 2 is 1.11 bits per heavy atom. The zero-order valence-electron chi connectivity index (χ0n) is 27.7. The van der Waals surface area contributed by atoms with Gasteiger partial charge in [-0.3, -0.25) is 5.43 Å². The van der Waals surface area contributed by atoms with E-state index in [-0.39, 0.29) is 11.5 Å². The van der Waals surface area contributed by atoms with E-state index < -0.39 is 0 Å². The van der Waals surface area contributed by atoms with Crippen molar-refractivity contribution in [3.05, 3.63) is 71.8 Å². The minimum Gasteiger partial charge on any atom is -0.507 e. The predicted octanol–water partition coefficient (Wildman–Crippen LogP) is 8.58. The van der Waals surface area contributed by atoms with E-state index in [4.69, 9.17) is 24.0 Å². The van der Waals surface area contributed by atoms with Gasteiger partial charge in [0.05, 0.1) is 37.8 Å². The highest BCUT2D eigenvalue weighted by atomic mass is 16.5. The molecule has 0 saturated heterocycles. The van der Waals surface area contributed by atoms with E-state index in [2.05, 4.69) is 33.1 Å². The highest BCUT2D eigenvalue weighted by molar-refractivity contribution is 6.15. The van der Waals surface area contributed by atoms with Crippen LogP contribution in [-0.4, -0.2) is 42.4 Å². The van der Waals surface area contributed by atoms with Crippen LogP contribution in [0.15, 0.2) is 65.8 Å². The molecule has 1 aliphatic heterocycles. The minimum atomic E-state index is -0.00571. The van der Waals surface area contributed by atoms with E-state index in [1.807, 2.05) is 36.4 Å². The van der Waals surface area contributed by atoms with Gasteiger partial charge in [-0.15, -0.1) is 0 Å². The zero-order chi connectivity index (χ0) is 32.7. The summed E-state index contributed by atoms with van der Waals surface area (Å²) in [5, 5.41) is 28.6. The Hall–Kier alpha value is -4.53. The second kappa shape index (κ2) is 17.8. The van der Waals surface area contributed by atoms with Crippen LogP contribution in [-0.2, 0) is 0 Å². The molecule has 0 aliphatic carbocycles. The first-order chi connectivity index (χ1) is 22.5. The van der Waals surface area contributed by atoms with Gasteiger partial charge in [0.15, 0.2) is 0 Å². The lowest BCUT2D eigenvalue weighted by Gasteiger charge is -2.29. The third kappa shape index (κ3) is 9.49. The van der Waals surface area contributed by atoms with Gasteiger partial charge >= 0.3 is 0 Å². The predicted molar refractivity (Wildman–Crippen MR) is 184 cm³/mol. The molecule has 3 N–H and O–H groups in total. The number of hydrazone groups is 1. The van der Waals surface area contributed by atoms with Crippen LogP contribution in [0.2, 0.25) is 0 Å². The van der Waals surface area contributed by atoms with E-state index >= 15 is 0 Å². The first-order valence-electron chi connectivity index (χ1n) is 16.7. The SMILES string of the molecule is CCCCOc1ccc(C2=CC(c3ccc(OCCCC)cc3OCCCC)=NN(c3ccc(OCCCC)cc3O)N2)c(O)c1. The number of allylic oxidation sites excluding steroid dienone is 1. The molecule has 9 nitrogen and oxygen atoms in total. The van der Waals surface area contributed by atoms with Crippen LogP contribution in [0.25, 0.3) is 5.70 Å². The van der Waals surface area contributed by atoms with Gasteiger partial charge in [-0.25, -0.2) is 0 Å². The summed E-state index contributed by atoms with van der Waals surface area (Å²) >= 11 is 0. The molecule has 4 rings (SSSR count). The molecule has 248 valence electrons. The number of nitrogens with one attached hydrogen (secondary N) is 1. The van der Waals surface area contributed by atoms with E-state index in [9.17, 15) is 10.2 Å². The van der Waals surface area contributed by atoms with Crippen molar-refractivity contribution in [2.45, 2.75) is 79.1 Å². The second-order valence-electron chi connectivity index (χ2n) is 11.3. The number of phenolic OH excluding ortho intramolecular Hbond substituents is 2. The van der Waals surface area contributed by atoms with Crippen LogP contribution in [0.4, 0.5) is 5.69 Å². The van der Waals surface area contributed by atoms with Crippen LogP contribution in [0.1, 0.15) is 90.2 Å². The average molecular weight is 632 g/mol. The fourth-order valence-corrected chi connectivity index (χ4v) is 4.68. The molecule has 0 atom stereocenters. The molecular weight excluding hydrogens is 582 g/mol. The summed E-state index contributed by atoms with van der Waals surface area (Å²) < 4.78 is 23.9. The largest absolute Gasteiger partial charge is 0.507 e. The van der Waals surface area contributed by atoms with Crippen molar-refractivity contribution >= 4 is 17.1 Å². The number of hydrogen-bond donors (Lipinski definition) is 3. The maximum Gasteiger partial charge on any atom is 0.146 e. The van der Waals surface area contributed by atoms with Gasteiger partial charge in [0, 0.05) is 29.3 Å². The van der Waals surface area contributed by atoms with Gasteiger partial charge in [-0.1, -0.05) is 53.4 Å². The fourth-order valence-electron chi connectivity index (χ4n) is 4.68. The van der Waals surface area contributed by atoms with Crippen LogP contribution in [0.5, 0.6) is 34.5 Å². The van der Waals surface area contributed by atoms with E-state index in [1.165, 1.54) is 5.12 Å². The number of unbranched alkanes of at least 4 members (excludes halogenated alkanes) is 4. The summed E-state index contributed by atoms with van der Waals surface area (Å²) in [4.78, 5) is 0. The van der Waals surface area contributed by atoms with Crippen molar-refractivity contribution in [3.8, 4) is 34.5 Å². The maximum absolute atomic E-state index is 11.1. The summed E-state index contributed by atoms with van der Waals surface area (Å²) in [6.07, 6.45) is 9.67. The molecule has 3 aromatic carbocycles. The third-order valence-electron chi connectivity index (χ3n) is 7.43. The molecule has 0 aromatic heterocycles. The standard InChI is InChI=1S/C37H49N3O6/c1-5-9-19-43-27-13-16-30(35(41)23-27)32-26-33(31-17-14-29(45-21-11-7-3)25-37(31)46-22-12-8-4)39-40(38-32)34-18-15-28(24-36(34)42)44-20-10-6-2/h13-18,23-26,38,41-42H,5-12,19-22H2,1-4H3. The van der Waals surface area contributed by atoms with Crippen molar-refractivity contribution in [2.75, 3.05) is 31.5 Å². The second-order valence-corrected chi connectivity index (χ2v) is 11.3. The van der Waals surface area contributed by atoms with Crippen molar-refractivity contribution in [2.24, 2.45) is 5.10 Å². The first kappa shape index (κ1) is 34.3. The molecule has 9 heteroatoms. The number of nitrogens with zero attached hydrogens (tertiary/aromatic N) is 2. The van der Waals surface area contributed by atoms with Crippen molar-refractivity contribution in [1.82, 2.24) is 5.43 Å². The van der Waals surface area contributed by atoms with E-state index in [0.29, 0.717) is 66.3 Å². The lowest BCUT2D eigenvalue weighted by Crippen LogP contribution is -2.36. The number of phenols is 2. The van der Waals surface area contributed by atoms with E-state index in [1.54, 1.807) is 24.3 Å². The highest BCUT2D eigenvalue weighted by Crippen LogP contribution is 2.36. The van der Waals surface area contributed by atoms with Crippen LogP contribution < -0.4 is 29.5 Å². The number of benzene rings is 3. The fraction of sp³-hybridized carbons (Fsp3) is 0.432. The summed E-state index contributed by atoms with van der Waals surface area (Å²) in [6.45, 7) is 10.8. The Kier molecular flexibility index (Phi) is 13.3. The summed E-state index contributed by atoms with van der Waals surface area (Å²) in [6, 6.07) is 16.2. The lowest BCUT2D eigenvalue weighted by atomic mass is 10.0. The van der Waals surface area contributed by atoms with Crippen molar-refractivity contribution in [1.29, 1.82) is 0 Å². The van der Waals surface area contributed by atoms with Crippen molar-refractivity contribution < 1.29 is 29.2 Å².